The van der Waals surface area contributed by atoms with Crippen LogP contribution in [0.1, 0.15) is 41.8 Å². The molecule has 36 heavy (non-hydrogen) atoms. The van der Waals surface area contributed by atoms with Gasteiger partial charge in [0, 0.05) is 24.9 Å². The van der Waals surface area contributed by atoms with Crippen molar-refractivity contribution in [2.75, 3.05) is 12.3 Å². The zero-order valence-electron chi connectivity index (χ0n) is 19.6. The van der Waals surface area contributed by atoms with Crippen LogP contribution in [0.2, 0.25) is 0 Å². The topological polar surface area (TPSA) is 145 Å². The minimum atomic E-state index is -0.689. The molecule has 4 rings (SSSR count). The number of hydrogen-bond donors (Lipinski definition) is 3. The number of fused-ring (bicyclic) bond motifs is 1. The van der Waals surface area contributed by atoms with Crippen LogP contribution in [0.25, 0.3) is 16.6 Å². The highest BCUT2D eigenvalue weighted by atomic mass is 16.2. The maximum atomic E-state index is 13.9. The lowest BCUT2D eigenvalue weighted by Crippen LogP contribution is -2.34. The Hall–Kier alpha value is -5.04. The highest BCUT2D eigenvalue weighted by molar-refractivity contribution is 5.96. The summed E-state index contributed by atoms with van der Waals surface area (Å²) in [4.78, 5) is 50.5. The van der Waals surface area contributed by atoms with Crippen molar-refractivity contribution < 1.29 is 9.59 Å². The van der Waals surface area contributed by atoms with E-state index in [0.717, 1.165) is 0 Å². The average molecular weight is 482 g/mol. The molecule has 2 amide bonds. The molecule has 4 aromatic rings. The van der Waals surface area contributed by atoms with Gasteiger partial charge in [0.2, 0.25) is 5.91 Å². The summed E-state index contributed by atoms with van der Waals surface area (Å²) in [5.41, 5.74) is 6.92. The number of nitrogen functional groups attached to an aromatic ring is 1. The van der Waals surface area contributed by atoms with E-state index in [2.05, 4.69) is 32.4 Å². The van der Waals surface area contributed by atoms with Gasteiger partial charge in [-0.05, 0) is 31.2 Å². The predicted octanol–water partition coefficient (Wildman–Crippen LogP) is 1.74. The lowest BCUT2D eigenvalue weighted by atomic mass is 10.1. The van der Waals surface area contributed by atoms with Gasteiger partial charge in [0.1, 0.15) is 5.82 Å². The fraction of sp³-hybridized carbons (Fsp3) is 0.154. The van der Waals surface area contributed by atoms with Gasteiger partial charge in [-0.3, -0.25) is 19.0 Å². The van der Waals surface area contributed by atoms with Gasteiger partial charge in [0.25, 0.3) is 11.5 Å². The fourth-order valence-electron chi connectivity index (χ4n) is 3.63. The zero-order chi connectivity index (χ0) is 25.7. The van der Waals surface area contributed by atoms with Crippen molar-refractivity contribution in [1.29, 1.82) is 0 Å². The van der Waals surface area contributed by atoms with Gasteiger partial charge in [-0.2, -0.15) is 0 Å². The van der Waals surface area contributed by atoms with Crippen molar-refractivity contribution in [1.82, 2.24) is 30.2 Å². The summed E-state index contributed by atoms with van der Waals surface area (Å²) in [7, 11) is 0. The molecule has 0 aliphatic carbocycles. The molecular formula is C26H23N7O3. The van der Waals surface area contributed by atoms with Crippen LogP contribution in [-0.2, 0) is 4.79 Å². The van der Waals surface area contributed by atoms with Crippen LogP contribution in [0.4, 0.5) is 5.82 Å². The second-order valence-corrected chi connectivity index (χ2v) is 7.84. The number of amides is 2. The van der Waals surface area contributed by atoms with Crippen molar-refractivity contribution in [2.45, 2.75) is 19.9 Å². The number of nitrogens with two attached hydrogens (primary N) is 1. The Bertz CT molecular complexity index is 1570. The summed E-state index contributed by atoms with van der Waals surface area (Å²) in [6, 6.07) is 13.5. The van der Waals surface area contributed by atoms with Crippen LogP contribution in [0, 0.1) is 11.8 Å². The average Bonchev–Trinajstić information content (AvgIpc) is 2.87. The molecule has 180 valence electrons. The number of aromatic nitrogens is 4. The third-order valence-electron chi connectivity index (χ3n) is 5.26. The minimum absolute atomic E-state index is 0.00315. The van der Waals surface area contributed by atoms with E-state index in [0.29, 0.717) is 28.0 Å². The molecule has 1 atom stereocenters. The highest BCUT2D eigenvalue weighted by Gasteiger charge is 2.22. The fourth-order valence-corrected chi connectivity index (χ4v) is 3.63. The summed E-state index contributed by atoms with van der Waals surface area (Å²) < 4.78 is 1.45. The van der Waals surface area contributed by atoms with E-state index in [1.165, 1.54) is 23.9 Å². The van der Waals surface area contributed by atoms with Gasteiger partial charge < -0.3 is 16.4 Å². The molecule has 0 aliphatic rings. The standard InChI is InChI=1S/C26H23N7O3/c1-16(31-25(35)22-23(27)30-15-14-29-22)24-32-20-12-6-8-18(9-7-13-28-17(2)34)21(20)26(36)33(24)19-10-4-3-5-11-19/h3-6,8,10-12,14-16H,13H2,1-2H3,(H2,27,30)(H,28,34)(H,31,35)/t16-/m0/s1. The number of hydrogen-bond acceptors (Lipinski definition) is 7. The normalized spacial score (nSPS) is 11.3. The van der Waals surface area contributed by atoms with Gasteiger partial charge in [0.05, 0.1) is 29.2 Å². The van der Waals surface area contributed by atoms with E-state index in [4.69, 9.17) is 10.7 Å². The van der Waals surface area contributed by atoms with Gasteiger partial charge in [-0.1, -0.05) is 36.1 Å². The lowest BCUT2D eigenvalue weighted by Gasteiger charge is -2.20. The molecule has 2 aromatic heterocycles. The number of carbonyl (C=O) groups is 2. The quantitative estimate of drug-likeness (QED) is 0.368. The number of benzene rings is 2. The Morgan fingerprint density at radius 2 is 1.83 bits per heavy atom. The largest absolute Gasteiger partial charge is 0.382 e. The maximum absolute atomic E-state index is 13.9. The van der Waals surface area contributed by atoms with Crippen molar-refractivity contribution >= 4 is 28.5 Å². The Morgan fingerprint density at radius 1 is 1.08 bits per heavy atom. The first kappa shape index (κ1) is 24.1. The third-order valence-corrected chi connectivity index (χ3v) is 5.26. The third kappa shape index (κ3) is 5.05. The van der Waals surface area contributed by atoms with Gasteiger partial charge in [-0.15, -0.1) is 0 Å². The number of nitrogens with zero attached hydrogens (tertiary/aromatic N) is 4. The van der Waals surface area contributed by atoms with E-state index in [1.807, 2.05) is 6.07 Å². The molecule has 0 radical (unpaired) electrons. The summed E-state index contributed by atoms with van der Waals surface area (Å²) in [5, 5.41) is 5.75. The number of carbonyl (C=O) groups excluding carboxylic acids is 2. The number of anilines is 1. The van der Waals surface area contributed by atoms with Gasteiger partial charge in [-0.25, -0.2) is 15.0 Å². The van der Waals surface area contributed by atoms with Crippen molar-refractivity contribution in [3.63, 3.8) is 0 Å². The summed E-state index contributed by atoms with van der Waals surface area (Å²) in [6.07, 6.45) is 2.77. The van der Waals surface area contributed by atoms with E-state index in [1.54, 1.807) is 49.4 Å². The Morgan fingerprint density at radius 3 is 2.56 bits per heavy atom. The van der Waals surface area contributed by atoms with Crippen LogP contribution in [-0.4, -0.2) is 37.9 Å². The van der Waals surface area contributed by atoms with Crippen molar-refractivity contribution in [2.24, 2.45) is 0 Å². The molecule has 0 saturated carbocycles. The molecule has 0 spiro atoms. The van der Waals surface area contributed by atoms with Crippen molar-refractivity contribution in [3.05, 3.63) is 88.4 Å². The van der Waals surface area contributed by atoms with Crippen LogP contribution in [0.5, 0.6) is 0 Å². The monoisotopic (exact) mass is 481 g/mol. The maximum Gasteiger partial charge on any atom is 0.274 e. The summed E-state index contributed by atoms with van der Waals surface area (Å²) >= 11 is 0. The molecular weight excluding hydrogens is 458 g/mol. The first-order chi connectivity index (χ1) is 17.4. The second kappa shape index (κ2) is 10.5. The SMILES string of the molecule is CC(=O)NCC#Cc1cccc2nc([C@H](C)NC(=O)c3nccnc3N)n(-c3ccccc3)c(=O)c12. The van der Waals surface area contributed by atoms with E-state index in [-0.39, 0.29) is 29.5 Å². The van der Waals surface area contributed by atoms with Gasteiger partial charge >= 0.3 is 0 Å². The molecule has 0 aliphatic heterocycles. The van der Waals surface area contributed by atoms with Crippen LogP contribution in [0.15, 0.2) is 65.7 Å². The van der Waals surface area contributed by atoms with Crippen molar-refractivity contribution in [3.8, 4) is 17.5 Å². The summed E-state index contributed by atoms with van der Waals surface area (Å²) in [6.45, 7) is 3.27. The van der Waals surface area contributed by atoms with E-state index in [9.17, 15) is 14.4 Å². The first-order valence-corrected chi connectivity index (χ1v) is 11.1. The zero-order valence-corrected chi connectivity index (χ0v) is 19.6. The smallest absolute Gasteiger partial charge is 0.274 e. The Kier molecular flexibility index (Phi) is 7.02. The lowest BCUT2D eigenvalue weighted by molar-refractivity contribution is -0.118. The molecule has 2 heterocycles. The molecule has 4 N–H and O–H groups in total. The molecule has 0 unspecified atom stereocenters. The molecule has 0 saturated heterocycles. The number of nitrogens with one attached hydrogen (secondary N) is 2. The van der Waals surface area contributed by atoms with Crippen LogP contribution in [0.3, 0.4) is 0 Å². The van der Waals surface area contributed by atoms with Crippen LogP contribution >= 0.6 is 0 Å². The Balaban J connectivity index is 1.84. The number of rotatable bonds is 5. The number of para-hydroxylation sites is 1. The second-order valence-electron chi connectivity index (χ2n) is 7.84. The van der Waals surface area contributed by atoms with E-state index < -0.39 is 11.9 Å². The summed E-state index contributed by atoms with van der Waals surface area (Å²) in [5.74, 6) is 5.39. The molecule has 10 nitrogen and oxygen atoms in total. The molecule has 0 fully saturated rings. The van der Waals surface area contributed by atoms with Gasteiger partial charge in [0.15, 0.2) is 11.5 Å². The van der Waals surface area contributed by atoms with Crippen LogP contribution < -0.4 is 21.9 Å². The molecule has 0 bridgehead atoms. The Labute approximate surface area is 206 Å². The first-order valence-electron chi connectivity index (χ1n) is 11.1. The predicted molar refractivity (Wildman–Crippen MR) is 135 cm³/mol. The molecule has 10 heteroatoms. The highest BCUT2D eigenvalue weighted by Crippen LogP contribution is 2.20. The molecule has 2 aromatic carbocycles. The van der Waals surface area contributed by atoms with E-state index >= 15 is 0 Å². The minimum Gasteiger partial charge on any atom is -0.382 e.